The van der Waals surface area contributed by atoms with Gasteiger partial charge in [0.25, 0.3) is 0 Å². The molecule has 1 N–H and O–H groups in total. The van der Waals surface area contributed by atoms with Crippen molar-refractivity contribution in [3.63, 3.8) is 0 Å². The molecule has 4 aliphatic rings. The molecule has 4 aliphatic carbocycles. The number of ketones is 2. The third-order valence-corrected chi connectivity index (χ3v) is 7.71. The highest BCUT2D eigenvalue weighted by Gasteiger charge is 2.76. The van der Waals surface area contributed by atoms with Crippen LogP contribution in [-0.4, -0.2) is 16.7 Å². The average molecular weight is 314 g/mol. The molecule has 1 spiro atoms. The number of carbonyl (C=O) groups is 2. The summed E-state index contributed by atoms with van der Waals surface area (Å²) in [5.41, 5.74) is 0.194. The monoisotopic (exact) mass is 314 g/mol. The van der Waals surface area contributed by atoms with E-state index in [1.165, 1.54) is 5.57 Å². The quantitative estimate of drug-likeness (QED) is 0.688. The summed E-state index contributed by atoms with van der Waals surface area (Å²) < 4.78 is 0. The van der Waals surface area contributed by atoms with E-state index in [-0.39, 0.29) is 35.1 Å². The summed E-state index contributed by atoms with van der Waals surface area (Å²) in [5, 5.41) is 10.4. The first-order valence-corrected chi connectivity index (χ1v) is 8.95. The Morgan fingerprint density at radius 2 is 1.83 bits per heavy atom. The molecular weight excluding hydrogens is 288 g/mol. The lowest BCUT2D eigenvalue weighted by atomic mass is 9.38. The summed E-state index contributed by atoms with van der Waals surface area (Å²) >= 11 is 0. The van der Waals surface area contributed by atoms with Crippen molar-refractivity contribution < 1.29 is 14.7 Å². The highest BCUT2D eigenvalue weighted by atomic mass is 16.3. The molecule has 2 unspecified atom stereocenters. The second-order valence-corrected chi connectivity index (χ2v) is 8.57. The van der Waals surface area contributed by atoms with Gasteiger partial charge >= 0.3 is 0 Å². The van der Waals surface area contributed by atoms with E-state index in [0.29, 0.717) is 17.9 Å². The Kier molecular flexibility index (Phi) is 2.88. The van der Waals surface area contributed by atoms with Crippen LogP contribution in [0.25, 0.3) is 0 Å². The molecule has 0 aromatic heterocycles. The van der Waals surface area contributed by atoms with E-state index in [9.17, 15) is 14.7 Å². The molecule has 0 saturated heterocycles. The van der Waals surface area contributed by atoms with Gasteiger partial charge in [0.1, 0.15) is 0 Å². The molecule has 2 fully saturated rings. The van der Waals surface area contributed by atoms with Gasteiger partial charge in [0, 0.05) is 5.57 Å². The van der Waals surface area contributed by atoms with Gasteiger partial charge in [-0.05, 0) is 63.2 Å². The smallest absolute Gasteiger partial charge is 0.205 e. The van der Waals surface area contributed by atoms with Crippen molar-refractivity contribution in [2.24, 2.45) is 34.5 Å². The van der Waals surface area contributed by atoms with Crippen LogP contribution in [-0.2, 0) is 9.59 Å². The van der Waals surface area contributed by atoms with E-state index < -0.39 is 10.8 Å². The predicted molar refractivity (Wildman–Crippen MR) is 87.7 cm³/mol. The van der Waals surface area contributed by atoms with Gasteiger partial charge in [-0.1, -0.05) is 25.5 Å². The zero-order chi connectivity index (χ0) is 16.7. The summed E-state index contributed by atoms with van der Waals surface area (Å²) in [6.45, 7) is 8.09. The van der Waals surface area contributed by atoms with Crippen LogP contribution in [0.4, 0.5) is 0 Å². The van der Waals surface area contributed by atoms with E-state index in [2.05, 4.69) is 26.8 Å². The third kappa shape index (κ3) is 1.39. The fourth-order valence-corrected chi connectivity index (χ4v) is 6.92. The molecule has 3 nitrogen and oxygen atoms in total. The SMILES string of the molecule is CC1=C[C@@H]2C[C@H](C)C3CC[C@@H](C)[C@]4(C1)C(=O)C(O)=C(C)C(=O)C324. The molecule has 3 heteroatoms. The Morgan fingerprint density at radius 3 is 2.52 bits per heavy atom. The maximum atomic E-state index is 13.5. The molecule has 0 radical (unpaired) electrons. The molecule has 0 aliphatic heterocycles. The number of hydrogen-bond acceptors (Lipinski definition) is 3. The fraction of sp³-hybridized carbons (Fsp3) is 0.700. The van der Waals surface area contributed by atoms with Gasteiger partial charge < -0.3 is 5.11 Å². The van der Waals surface area contributed by atoms with Gasteiger partial charge in [-0.2, -0.15) is 0 Å². The Labute approximate surface area is 137 Å². The van der Waals surface area contributed by atoms with Crippen LogP contribution >= 0.6 is 0 Å². The van der Waals surface area contributed by atoms with E-state index in [0.717, 1.165) is 19.3 Å². The lowest BCUT2D eigenvalue weighted by Gasteiger charge is -2.62. The molecule has 6 atom stereocenters. The van der Waals surface area contributed by atoms with Gasteiger partial charge in [-0.15, -0.1) is 0 Å². The lowest BCUT2D eigenvalue weighted by molar-refractivity contribution is -0.174. The first-order chi connectivity index (χ1) is 10.8. The standard InChI is InChI=1S/C20H26O3/c1-10-7-14-8-11(2)15-6-5-12(3)19(9-10)18(23)16(21)13(4)17(22)20(14,15)19/h7,11-12,14-15,21H,5-6,8-9H2,1-4H3/t11-,12+,14+,15?,19+,20?/m0/s1. The number of aliphatic hydroxyl groups excluding tert-OH is 1. The van der Waals surface area contributed by atoms with Crippen LogP contribution in [0.15, 0.2) is 23.0 Å². The highest BCUT2D eigenvalue weighted by molar-refractivity contribution is 6.17. The van der Waals surface area contributed by atoms with Crippen molar-refractivity contribution in [3.05, 3.63) is 23.0 Å². The summed E-state index contributed by atoms with van der Waals surface area (Å²) in [4.78, 5) is 26.9. The van der Waals surface area contributed by atoms with E-state index in [4.69, 9.17) is 0 Å². The van der Waals surface area contributed by atoms with Gasteiger partial charge in [0.2, 0.25) is 5.78 Å². The summed E-state index contributed by atoms with van der Waals surface area (Å²) in [6, 6.07) is 0. The lowest BCUT2D eigenvalue weighted by Crippen LogP contribution is -2.66. The molecule has 0 heterocycles. The van der Waals surface area contributed by atoms with Crippen LogP contribution < -0.4 is 0 Å². The zero-order valence-corrected chi connectivity index (χ0v) is 14.5. The number of Topliss-reactive ketones (excluding diaryl/α,β-unsaturated/α-hetero) is 2. The maximum Gasteiger partial charge on any atom is 0.205 e. The van der Waals surface area contributed by atoms with Crippen molar-refractivity contribution >= 4 is 11.6 Å². The van der Waals surface area contributed by atoms with Gasteiger partial charge in [0.05, 0.1) is 10.8 Å². The molecule has 2 saturated carbocycles. The van der Waals surface area contributed by atoms with Crippen LogP contribution in [0.2, 0.25) is 0 Å². The van der Waals surface area contributed by atoms with Crippen molar-refractivity contribution in [1.82, 2.24) is 0 Å². The highest BCUT2D eigenvalue weighted by Crippen LogP contribution is 2.73. The first kappa shape index (κ1) is 15.2. The van der Waals surface area contributed by atoms with Crippen LogP contribution in [0, 0.1) is 34.5 Å². The zero-order valence-electron chi connectivity index (χ0n) is 14.5. The molecule has 0 amide bonds. The van der Waals surface area contributed by atoms with Gasteiger partial charge in [0.15, 0.2) is 11.5 Å². The molecule has 124 valence electrons. The maximum absolute atomic E-state index is 13.5. The molecule has 0 bridgehead atoms. The topological polar surface area (TPSA) is 54.4 Å². The molecular formula is C20H26O3. The van der Waals surface area contributed by atoms with Crippen molar-refractivity contribution in [2.45, 2.75) is 53.4 Å². The Bertz CT molecular complexity index is 685. The van der Waals surface area contributed by atoms with Crippen LogP contribution in [0.1, 0.15) is 53.4 Å². The Morgan fingerprint density at radius 1 is 1.13 bits per heavy atom. The van der Waals surface area contributed by atoms with Gasteiger partial charge in [-0.3, -0.25) is 9.59 Å². The Balaban J connectivity index is 2.10. The summed E-state index contributed by atoms with van der Waals surface area (Å²) in [6.07, 6.45) is 5.90. The minimum absolute atomic E-state index is 0.0595. The summed E-state index contributed by atoms with van der Waals surface area (Å²) in [7, 11) is 0. The van der Waals surface area contributed by atoms with Crippen LogP contribution in [0.3, 0.4) is 0 Å². The number of aliphatic hydroxyl groups is 1. The first-order valence-electron chi connectivity index (χ1n) is 8.95. The molecule has 23 heavy (non-hydrogen) atoms. The van der Waals surface area contributed by atoms with Gasteiger partial charge in [-0.25, -0.2) is 0 Å². The van der Waals surface area contributed by atoms with Crippen molar-refractivity contribution in [1.29, 1.82) is 0 Å². The number of allylic oxidation sites excluding steroid dienone is 4. The van der Waals surface area contributed by atoms with Crippen molar-refractivity contribution in [3.8, 4) is 0 Å². The number of carbonyl (C=O) groups excluding carboxylic acids is 2. The van der Waals surface area contributed by atoms with E-state index in [1.807, 2.05) is 0 Å². The largest absolute Gasteiger partial charge is 0.504 e. The second kappa shape index (κ2) is 4.37. The third-order valence-electron chi connectivity index (χ3n) is 7.71. The normalized spacial score (nSPS) is 49.0. The summed E-state index contributed by atoms with van der Waals surface area (Å²) in [5.74, 6) is 0.662. The van der Waals surface area contributed by atoms with Crippen molar-refractivity contribution in [2.75, 3.05) is 0 Å². The minimum Gasteiger partial charge on any atom is -0.504 e. The number of rotatable bonds is 0. The molecule has 4 rings (SSSR count). The second-order valence-electron chi connectivity index (χ2n) is 8.57. The Hall–Kier alpha value is -1.38. The van der Waals surface area contributed by atoms with E-state index in [1.54, 1.807) is 6.92 Å². The average Bonchev–Trinajstić information content (AvgIpc) is 2.79. The number of hydrogen-bond donors (Lipinski definition) is 1. The molecule has 0 aromatic rings. The fourth-order valence-electron chi connectivity index (χ4n) is 6.92. The molecule has 0 aromatic carbocycles. The predicted octanol–water partition coefficient (Wildman–Crippen LogP) is 4.00. The van der Waals surface area contributed by atoms with E-state index >= 15 is 0 Å². The van der Waals surface area contributed by atoms with Crippen LogP contribution in [0.5, 0.6) is 0 Å². The minimum atomic E-state index is -0.717.